The van der Waals surface area contributed by atoms with Crippen molar-refractivity contribution >= 4 is 62.6 Å². The number of aromatic nitrogens is 4. The molecule has 0 fully saturated rings. The third-order valence-corrected chi connectivity index (χ3v) is 12.4. The van der Waals surface area contributed by atoms with E-state index in [1.165, 1.54) is 0 Å². The fraction of sp³-hybridized carbons (Fsp3) is 0.292. The largest absolute Gasteiger partial charge is 0.494 e. The van der Waals surface area contributed by atoms with Crippen LogP contribution in [-0.2, 0) is 24.3 Å². The standard InChI is InChI=1S/C48H47Cl2N5O6/c1-27-19-34(20-28(2)43(27)50)60-17-10-13-36-37-14-15-38(49)42(41-30(4)51-26-52-31(41)5)45(37)55-29(3)24-54(47(56)46(36)55)39-23-35(61-25-32-11-8-7-9-12-32)21-33-22-40(48(57)58)53(44(33)39)16-18-59-6/h7-9,11-12,14-15,19-23,26,29H,10,13,16-18,24-25H2,1-6H3,(H,57,58). The van der Waals surface area contributed by atoms with E-state index in [0.717, 1.165) is 66.4 Å². The third kappa shape index (κ3) is 7.82. The van der Waals surface area contributed by atoms with Crippen LogP contribution >= 0.6 is 23.2 Å². The molecule has 11 nitrogen and oxygen atoms in total. The van der Waals surface area contributed by atoms with Gasteiger partial charge in [0.2, 0.25) is 0 Å². The number of ether oxygens (including phenoxy) is 3. The number of aromatic carboxylic acids is 1. The first-order valence-corrected chi connectivity index (χ1v) is 21.0. The molecule has 0 saturated carbocycles. The fourth-order valence-corrected chi connectivity index (χ4v) is 9.10. The maximum absolute atomic E-state index is 15.6. The lowest BCUT2D eigenvalue weighted by Crippen LogP contribution is -2.43. The average Bonchev–Trinajstić information content (AvgIpc) is 3.78. The van der Waals surface area contributed by atoms with Gasteiger partial charge in [0.1, 0.15) is 35.8 Å². The summed E-state index contributed by atoms with van der Waals surface area (Å²) in [6, 6.07) is 22.6. The minimum Gasteiger partial charge on any atom is -0.494 e. The number of nitrogens with zero attached hydrogens (tertiary/aromatic N) is 5. The van der Waals surface area contributed by atoms with Crippen LogP contribution in [0.5, 0.6) is 11.5 Å². The number of hydrogen-bond acceptors (Lipinski definition) is 7. The number of carbonyl (C=O) groups excluding carboxylic acids is 1. The molecule has 1 aliphatic heterocycles. The Kier molecular flexibility index (Phi) is 11.8. The number of aryl methyl sites for hydroxylation is 5. The van der Waals surface area contributed by atoms with Gasteiger partial charge in [-0.05, 0) is 100 Å². The minimum absolute atomic E-state index is 0.0852. The second-order valence-corrected chi connectivity index (χ2v) is 16.4. The lowest BCUT2D eigenvalue weighted by Gasteiger charge is -2.35. The molecule has 1 unspecified atom stereocenters. The van der Waals surface area contributed by atoms with E-state index in [1.54, 1.807) is 29.0 Å². The molecule has 1 amide bonds. The van der Waals surface area contributed by atoms with Crippen LogP contribution in [0.4, 0.5) is 5.69 Å². The number of carboxylic acid groups (broad SMARTS) is 1. The van der Waals surface area contributed by atoms with Crippen molar-refractivity contribution in [1.29, 1.82) is 0 Å². The molecular formula is C48H47Cl2N5O6. The van der Waals surface area contributed by atoms with Gasteiger partial charge in [0.05, 0.1) is 35.0 Å². The molecule has 8 rings (SSSR count). The summed E-state index contributed by atoms with van der Waals surface area (Å²) >= 11 is 13.6. The maximum Gasteiger partial charge on any atom is 0.352 e. The molecule has 0 aliphatic carbocycles. The number of halogens is 2. The molecule has 0 saturated heterocycles. The van der Waals surface area contributed by atoms with Crippen LogP contribution in [0.25, 0.3) is 32.9 Å². The molecule has 0 spiro atoms. The molecule has 1 atom stereocenters. The van der Waals surface area contributed by atoms with Crippen LogP contribution in [0.2, 0.25) is 10.0 Å². The van der Waals surface area contributed by atoms with Gasteiger partial charge >= 0.3 is 5.97 Å². The van der Waals surface area contributed by atoms with Crippen molar-refractivity contribution in [3.8, 4) is 22.6 Å². The maximum atomic E-state index is 15.6. The number of amides is 1. The SMILES string of the molecule is COCCn1c(C(=O)O)cc2cc(OCc3ccccc3)cc(N3CC(C)n4c(c(CCCOc5cc(C)c(Cl)c(C)c5)c5ccc(Cl)c(-c6c(C)ncnc6C)c54)C3=O)c21. The Hall–Kier alpha value is -5.88. The quantitative estimate of drug-likeness (QED) is 0.107. The first-order chi connectivity index (χ1) is 29.4. The van der Waals surface area contributed by atoms with E-state index in [-0.39, 0.29) is 43.9 Å². The van der Waals surface area contributed by atoms with Crippen molar-refractivity contribution in [2.75, 3.05) is 31.8 Å². The summed E-state index contributed by atoms with van der Waals surface area (Å²) in [7, 11) is 1.58. The van der Waals surface area contributed by atoms with Gasteiger partial charge in [-0.2, -0.15) is 0 Å². The van der Waals surface area contributed by atoms with E-state index >= 15 is 4.79 Å². The van der Waals surface area contributed by atoms with Crippen LogP contribution in [-0.4, -0.2) is 63.0 Å². The second-order valence-electron chi connectivity index (χ2n) is 15.7. The van der Waals surface area contributed by atoms with Crippen LogP contribution in [0.1, 0.15) is 74.0 Å². The predicted octanol–water partition coefficient (Wildman–Crippen LogP) is 10.8. The van der Waals surface area contributed by atoms with Crippen LogP contribution in [0.3, 0.4) is 0 Å². The molecule has 1 N–H and O–H groups in total. The normalized spacial score (nSPS) is 13.9. The zero-order valence-electron chi connectivity index (χ0n) is 35.0. The molecule has 4 aromatic carbocycles. The van der Waals surface area contributed by atoms with Gasteiger partial charge in [-0.25, -0.2) is 14.8 Å². The van der Waals surface area contributed by atoms with Crippen molar-refractivity contribution in [3.05, 3.63) is 134 Å². The van der Waals surface area contributed by atoms with Gasteiger partial charge < -0.3 is 33.4 Å². The summed E-state index contributed by atoms with van der Waals surface area (Å²) in [5, 5.41) is 13.2. The zero-order chi connectivity index (χ0) is 43.1. The average molecular weight is 861 g/mol. The number of anilines is 1. The topological polar surface area (TPSA) is 121 Å². The molecule has 0 bridgehead atoms. The highest BCUT2D eigenvalue weighted by Gasteiger charge is 2.38. The van der Waals surface area contributed by atoms with Gasteiger partial charge in [-0.1, -0.05) is 59.6 Å². The number of fused-ring (bicyclic) bond motifs is 4. The number of carboxylic acids is 1. The number of rotatable bonds is 14. The Morgan fingerprint density at radius 2 is 1.57 bits per heavy atom. The lowest BCUT2D eigenvalue weighted by molar-refractivity contribution is 0.0683. The number of benzene rings is 4. The van der Waals surface area contributed by atoms with Crippen molar-refractivity contribution < 1.29 is 28.9 Å². The third-order valence-electron chi connectivity index (χ3n) is 11.5. The molecule has 13 heteroatoms. The first kappa shape index (κ1) is 41.8. The summed E-state index contributed by atoms with van der Waals surface area (Å²) in [4.78, 5) is 39.2. The highest BCUT2D eigenvalue weighted by molar-refractivity contribution is 6.35. The highest BCUT2D eigenvalue weighted by atomic mass is 35.5. The number of hydrogen-bond donors (Lipinski definition) is 1. The Balaban J connectivity index is 1.29. The van der Waals surface area contributed by atoms with Crippen molar-refractivity contribution in [3.63, 3.8) is 0 Å². The summed E-state index contributed by atoms with van der Waals surface area (Å²) in [5.74, 6) is -0.0738. The van der Waals surface area contributed by atoms with Crippen LogP contribution < -0.4 is 14.4 Å². The lowest BCUT2D eigenvalue weighted by atomic mass is 9.97. The molecule has 3 aromatic heterocycles. The molecule has 61 heavy (non-hydrogen) atoms. The van der Waals surface area contributed by atoms with Crippen LogP contribution in [0, 0.1) is 27.7 Å². The first-order valence-electron chi connectivity index (χ1n) is 20.3. The van der Waals surface area contributed by atoms with E-state index in [2.05, 4.69) is 21.5 Å². The molecule has 1 aliphatic rings. The smallest absolute Gasteiger partial charge is 0.352 e. The molecule has 0 radical (unpaired) electrons. The predicted molar refractivity (Wildman–Crippen MR) is 240 cm³/mol. The van der Waals surface area contributed by atoms with E-state index in [4.69, 9.17) is 37.4 Å². The highest BCUT2D eigenvalue weighted by Crippen LogP contribution is 2.46. The van der Waals surface area contributed by atoms with E-state index in [0.29, 0.717) is 52.5 Å². The summed E-state index contributed by atoms with van der Waals surface area (Å²) in [6.45, 7) is 11.4. The van der Waals surface area contributed by atoms with Gasteiger partial charge in [-0.3, -0.25) is 4.79 Å². The Morgan fingerprint density at radius 3 is 2.26 bits per heavy atom. The summed E-state index contributed by atoms with van der Waals surface area (Å²) in [6.07, 6.45) is 2.67. The van der Waals surface area contributed by atoms with Gasteiger partial charge in [0, 0.05) is 70.6 Å². The Bertz CT molecular complexity index is 2790. The van der Waals surface area contributed by atoms with Crippen molar-refractivity contribution in [1.82, 2.24) is 19.1 Å². The molecular weight excluding hydrogens is 813 g/mol. The monoisotopic (exact) mass is 859 g/mol. The van der Waals surface area contributed by atoms with E-state index in [1.807, 2.05) is 94.4 Å². The van der Waals surface area contributed by atoms with Gasteiger partial charge in [0.25, 0.3) is 5.91 Å². The Morgan fingerprint density at radius 1 is 0.869 bits per heavy atom. The molecule has 4 heterocycles. The van der Waals surface area contributed by atoms with Crippen molar-refractivity contribution in [2.24, 2.45) is 0 Å². The number of methoxy groups -OCH3 is 1. The molecule has 314 valence electrons. The van der Waals surface area contributed by atoms with E-state index in [9.17, 15) is 9.90 Å². The second kappa shape index (κ2) is 17.2. The number of carbonyl (C=O) groups is 2. The fourth-order valence-electron chi connectivity index (χ4n) is 8.74. The minimum atomic E-state index is -1.09. The Labute approximate surface area is 364 Å². The van der Waals surface area contributed by atoms with Crippen molar-refractivity contribution in [2.45, 2.75) is 66.7 Å². The zero-order valence-corrected chi connectivity index (χ0v) is 36.5. The van der Waals surface area contributed by atoms with Gasteiger partial charge in [0.15, 0.2) is 0 Å². The summed E-state index contributed by atoms with van der Waals surface area (Å²) < 4.78 is 21.9. The molecule has 7 aromatic rings. The summed E-state index contributed by atoms with van der Waals surface area (Å²) in [5.41, 5.74) is 9.47. The van der Waals surface area contributed by atoms with Gasteiger partial charge in [-0.15, -0.1) is 0 Å². The van der Waals surface area contributed by atoms with Crippen LogP contribution in [0.15, 0.2) is 79.1 Å². The van der Waals surface area contributed by atoms with E-state index < -0.39 is 5.97 Å².